The Morgan fingerprint density at radius 1 is 1.43 bits per heavy atom. The topological polar surface area (TPSA) is 57.3 Å². The van der Waals surface area contributed by atoms with Crippen molar-refractivity contribution in [2.24, 2.45) is 0 Å². The van der Waals surface area contributed by atoms with Crippen LogP contribution in [0.2, 0.25) is 0 Å². The van der Waals surface area contributed by atoms with Gasteiger partial charge in [-0.05, 0) is 13.8 Å². The predicted molar refractivity (Wildman–Crippen MR) is 91.7 cm³/mol. The maximum absolute atomic E-state index is 12.0. The number of carbonyl (C=O) groups excluding carboxylic acids is 1. The van der Waals surface area contributed by atoms with Crippen molar-refractivity contribution in [1.82, 2.24) is 20.5 Å². The molecule has 8 heteroatoms. The Morgan fingerprint density at radius 3 is 2.67 bits per heavy atom. The zero-order chi connectivity index (χ0) is 13.7. The highest BCUT2D eigenvalue weighted by atomic mass is 35.5. The van der Waals surface area contributed by atoms with E-state index in [1.807, 2.05) is 16.5 Å². The van der Waals surface area contributed by atoms with Crippen LogP contribution in [0, 0.1) is 0 Å². The van der Waals surface area contributed by atoms with Crippen molar-refractivity contribution in [1.29, 1.82) is 0 Å². The van der Waals surface area contributed by atoms with Crippen molar-refractivity contribution >= 4 is 42.1 Å². The molecule has 0 radical (unpaired) electrons. The zero-order valence-corrected chi connectivity index (χ0v) is 14.9. The number of halogens is 2. The minimum Gasteiger partial charge on any atom is -0.340 e. The molecule has 1 amide bonds. The number of hydrogen-bond acceptors (Lipinski definition) is 5. The second-order valence-corrected chi connectivity index (χ2v) is 6.16. The molecule has 5 nitrogen and oxygen atoms in total. The van der Waals surface area contributed by atoms with E-state index in [-0.39, 0.29) is 36.3 Å². The fourth-order valence-electron chi connectivity index (χ4n) is 2.16. The Kier molecular flexibility index (Phi) is 9.40. The van der Waals surface area contributed by atoms with E-state index in [1.165, 1.54) is 0 Å². The summed E-state index contributed by atoms with van der Waals surface area (Å²) in [6, 6.07) is 0. The number of nitrogens with zero attached hydrogens (tertiary/aromatic N) is 2. The molecule has 2 rings (SSSR count). The van der Waals surface area contributed by atoms with Crippen LogP contribution in [0.15, 0.2) is 11.6 Å². The Balaban J connectivity index is 0.00000200. The highest BCUT2D eigenvalue weighted by molar-refractivity contribution is 7.09. The molecule has 0 aliphatic carbocycles. The summed E-state index contributed by atoms with van der Waals surface area (Å²) in [6.45, 7) is 8.36. The third-order valence-corrected chi connectivity index (χ3v) is 4.44. The first-order chi connectivity index (χ1) is 9.09. The Hall–Kier alpha value is -0.400. The Labute approximate surface area is 142 Å². The number of nitrogens with one attached hydrogen (secondary N) is 2. The van der Waals surface area contributed by atoms with Crippen molar-refractivity contribution in [2.75, 3.05) is 32.7 Å². The van der Waals surface area contributed by atoms with Gasteiger partial charge in [-0.15, -0.1) is 36.2 Å². The van der Waals surface area contributed by atoms with Crippen LogP contribution < -0.4 is 10.6 Å². The number of thiazole rings is 1. The van der Waals surface area contributed by atoms with Gasteiger partial charge in [0, 0.05) is 50.7 Å². The molecule has 1 fully saturated rings. The molecule has 122 valence electrons. The van der Waals surface area contributed by atoms with Crippen LogP contribution in [0.25, 0.3) is 0 Å². The molecule has 0 unspecified atom stereocenters. The van der Waals surface area contributed by atoms with Gasteiger partial charge >= 0.3 is 0 Å². The van der Waals surface area contributed by atoms with Crippen molar-refractivity contribution < 1.29 is 4.79 Å². The number of carbonyl (C=O) groups is 1. The minimum absolute atomic E-state index is 0. The molecular weight excluding hydrogens is 331 g/mol. The van der Waals surface area contributed by atoms with Gasteiger partial charge in [0.1, 0.15) is 5.01 Å². The molecule has 0 aromatic carbocycles. The molecule has 1 aliphatic heterocycles. The van der Waals surface area contributed by atoms with Crippen molar-refractivity contribution in [3.63, 3.8) is 0 Å². The van der Waals surface area contributed by atoms with Gasteiger partial charge in [0.15, 0.2) is 0 Å². The predicted octanol–water partition coefficient (Wildman–Crippen LogP) is 1.63. The van der Waals surface area contributed by atoms with Gasteiger partial charge in [-0.25, -0.2) is 4.98 Å². The van der Waals surface area contributed by atoms with E-state index < -0.39 is 0 Å². The van der Waals surface area contributed by atoms with Crippen molar-refractivity contribution in [3.8, 4) is 0 Å². The first-order valence-corrected chi connectivity index (χ1v) is 7.61. The lowest BCUT2D eigenvalue weighted by Gasteiger charge is -2.28. The molecule has 1 aromatic rings. The van der Waals surface area contributed by atoms with Crippen LogP contribution in [0.5, 0.6) is 0 Å². The van der Waals surface area contributed by atoms with Gasteiger partial charge in [0.05, 0.1) is 5.54 Å². The van der Waals surface area contributed by atoms with Gasteiger partial charge in [-0.3, -0.25) is 4.79 Å². The van der Waals surface area contributed by atoms with Crippen LogP contribution in [0.4, 0.5) is 0 Å². The third kappa shape index (κ3) is 6.08. The summed E-state index contributed by atoms with van der Waals surface area (Å²) in [6.07, 6.45) is 2.37. The SMILES string of the molecule is CC(C)(NCCC(=O)N1CCNCC1)c1nccs1.Cl.Cl. The molecule has 1 aromatic heterocycles. The quantitative estimate of drug-likeness (QED) is 0.843. The van der Waals surface area contributed by atoms with Crippen LogP contribution in [-0.4, -0.2) is 48.5 Å². The van der Waals surface area contributed by atoms with Crippen LogP contribution >= 0.6 is 36.2 Å². The number of rotatable bonds is 5. The summed E-state index contributed by atoms with van der Waals surface area (Å²) >= 11 is 1.64. The summed E-state index contributed by atoms with van der Waals surface area (Å²) in [5.41, 5.74) is -0.169. The number of hydrogen-bond donors (Lipinski definition) is 2. The summed E-state index contributed by atoms with van der Waals surface area (Å²) in [7, 11) is 0. The average molecular weight is 355 g/mol. The molecule has 0 atom stereocenters. The lowest BCUT2D eigenvalue weighted by molar-refractivity contribution is -0.131. The fraction of sp³-hybridized carbons (Fsp3) is 0.692. The fourth-order valence-corrected chi connectivity index (χ4v) is 2.90. The largest absolute Gasteiger partial charge is 0.340 e. The average Bonchev–Trinajstić information content (AvgIpc) is 2.94. The van der Waals surface area contributed by atoms with Gasteiger partial charge in [0.2, 0.25) is 5.91 Å². The molecular formula is C13H24Cl2N4OS. The highest BCUT2D eigenvalue weighted by Gasteiger charge is 2.23. The molecule has 0 spiro atoms. The van der Waals surface area contributed by atoms with Gasteiger partial charge in [0.25, 0.3) is 0 Å². The lowest BCUT2D eigenvalue weighted by Crippen LogP contribution is -2.47. The minimum atomic E-state index is -0.169. The molecule has 21 heavy (non-hydrogen) atoms. The van der Waals surface area contributed by atoms with E-state index in [4.69, 9.17) is 0 Å². The first kappa shape index (κ1) is 20.6. The highest BCUT2D eigenvalue weighted by Crippen LogP contribution is 2.21. The molecule has 1 aliphatic rings. The summed E-state index contributed by atoms with van der Waals surface area (Å²) in [4.78, 5) is 18.3. The molecule has 0 saturated carbocycles. The third-order valence-electron chi connectivity index (χ3n) is 3.34. The molecule has 2 heterocycles. The molecule has 2 N–H and O–H groups in total. The summed E-state index contributed by atoms with van der Waals surface area (Å²) in [5, 5.41) is 9.70. The zero-order valence-electron chi connectivity index (χ0n) is 12.4. The Morgan fingerprint density at radius 2 is 2.10 bits per heavy atom. The Bertz CT molecular complexity index is 408. The van der Waals surface area contributed by atoms with Gasteiger partial charge in [-0.1, -0.05) is 0 Å². The first-order valence-electron chi connectivity index (χ1n) is 6.73. The van der Waals surface area contributed by atoms with E-state index in [2.05, 4.69) is 29.5 Å². The van der Waals surface area contributed by atoms with Crippen molar-refractivity contribution in [2.45, 2.75) is 25.8 Å². The monoisotopic (exact) mass is 354 g/mol. The van der Waals surface area contributed by atoms with E-state index in [0.29, 0.717) is 13.0 Å². The molecule has 0 bridgehead atoms. The summed E-state index contributed by atoms with van der Waals surface area (Å²) < 4.78 is 0. The summed E-state index contributed by atoms with van der Waals surface area (Å²) in [5.74, 6) is 0.240. The van der Waals surface area contributed by atoms with Crippen molar-refractivity contribution in [3.05, 3.63) is 16.6 Å². The lowest BCUT2D eigenvalue weighted by atomic mass is 10.1. The maximum Gasteiger partial charge on any atom is 0.223 e. The van der Waals surface area contributed by atoms with E-state index in [1.54, 1.807) is 11.3 Å². The van der Waals surface area contributed by atoms with Gasteiger partial charge in [-0.2, -0.15) is 0 Å². The number of aromatic nitrogens is 1. The van der Waals surface area contributed by atoms with Crippen LogP contribution in [-0.2, 0) is 10.3 Å². The smallest absolute Gasteiger partial charge is 0.223 e. The second-order valence-electron chi connectivity index (χ2n) is 5.27. The van der Waals surface area contributed by atoms with Gasteiger partial charge < -0.3 is 15.5 Å². The van der Waals surface area contributed by atoms with Crippen LogP contribution in [0.3, 0.4) is 0 Å². The van der Waals surface area contributed by atoms with E-state index in [0.717, 1.165) is 31.2 Å². The van der Waals surface area contributed by atoms with E-state index >= 15 is 0 Å². The number of amides is 1. The number of piperazine rings is 1. The second kappa shape index (κ2) is 9.58. The maximum atomic E-state index is 12.0. The van der Waals surface area contributed by atoms with E-state index in [9.17, 15) is 4.79 Å². The molecule has 1 saturated heterocycles. The standard InChI is InChI=1S/C13H22N4OS.2ClH/c1-13(2,12-15-7-10-19-12)16-4-3-11(18)17-8-5-14-6-9-17;;/h7,10,14,16H,3-6,8-9H2,1-2H3;2*1H. The normalized spacial score (nSPS) is 15.0. The van der Waals surface area contributed by atoms with Crippen LogP contribution in [0.1, 0.15) is 25.3 Å².